The third-order valence-electron chi connectivity index (χ3n) is 7.08. The zero-order chi connectivity index (χ0) is 23.8. The number of aryl methyl sites for hydroxylation is 1. The SMILES string of the molecule is COc1ccc(F)c(-c2ccc(C3CCc4ccc([C@H](C5CC5)[C@H](C)C(=O)O)cc4O3)nc2)c1. The van der Waals surface area contributed by atoms with Crippen molar-refractivity contribution < 1.29 is 23.8 Å². The van der Waals surface area contributed by atoms with Crippen LogP contribution in [0.15, 0.2) is 54.7 Å². The van der Waals surface area contributed by atoms with E-state index in [-0.39, 0.29) is 17.8 Å². The van der Waals surface area contributed by atoms with Crippen molar-refractivity contribution in [1.29, 1.82) is 0 Å². The summed E-state index contributed by atoms with van der Waals surface area (Å²) in [6.07, 6.45) is 5.27. The molecule has 6 heteroatoms. The lowest BCUT2D eigenvalue weighted by atomic mass is 9.82. The van der Waals surface area contributed by atoms with Crippen molar-refractivity contribution in [3.05, 3.63) is 77.4 Å². The molecule has 1 N–H and O–H groups in total. The van der Waals surface area contributed by atoms with E-state index in [9.17, 15) is 14.3 Å². The highest BCUT2D eigenvalue weighted by atomic mass is 19.1. The molecule has 34 heavy (non-hydrogen) atoms. The fourth-order valence-corrected chi connectivity index (χ4v) is 4.99. The summed E-state index contributed by atoms with van der Waals surface area (Å²) in [5, 5.41) is 9.60. The summed E-state index contributed by atoms with van der Waals surface area (Å²) in [6.45, 7) is 1.80. The summed E-state index contributed by atoms with van der Waals surface area (Å²) in [7, 11) is 1.55. The number of aliphatic carboxylic acids is 1. The fraction of sp³-hybridized carbons (Fsp3) is 0.357. The molecular formula is C28H28FNO4. The van der Waals surface area contributed by atoms with Crippen molar-refractivity contribution >= 4 is 5.97 Å². The van der Waals surface area contributed by atoms with E-state index in [1.54, 1.807) is 32.4 Å². The molecule has 0 bridgehead atoms. The van der Waals surface area contributed by atoms with Crippen molar-refractivity contribution in [1.82, 2.24) is 4.98 Å². The quantitative estimate of drug-likeness (QED) is 0.455. The summed E-state index contributed by atoms with van der Waals surface area (Å²) >= 11 is 0. The molecule has 0 amide bonds. The minimum Gasteiger partial charge on any atom is -0.497 e. The molecule has 1 unspecified atom stereocenters. The minimum atomic E-state index is -0.759. The average Bonchev–Trinajstić information content (AvgIpc) is 3.69. The topological polar surface area (TPSA) is 68.7 Å². The molecule has 3 atom stereocenters. The van der Waals surface area contributed by atoms with E-state index in [1.807, 2.05) is 18.2 Å². The summed E-state index contributed by atoms with van der Waals surface area (Å²) in [4.78, 5) is 16.3. The lowest BCUT2D eigenvalue weighted by Crippen LogP contribution is -2.21. The molecule has 0 saturated heterocycles. The predicted molar refractivity (Wildman–Crippen MR) is 127 cm³/mol. The van der Waals surface area contributed by atoms with Gasteiger partial charge in [-0.25, -0.2) is 4.39 Å². The summed E-state index contributed by atoms with van der Waals surface area (Å²) in [5.41, 5.74) is 4.08. The third-order valence-corrected chi connectivity index (χ3v) is 7.08. The van der Waals surface area contributed by atoms with Gasteiger partial charge in [-0.3, -0.25) is 9.78 Å². The number of halogens is 1. The van der Waals surface area contributed by atoms with Gasteiger partial charge in [0, 0.05) is 17.3 Å². The molecule has 2 heterocycles. The average molecular weight is 462 g/mol. The highest BCUT2D eigenvalue weighted by Crippen LogP contribution is 2.48. The number of carboxylic acids is 1. The number of hydrogen-bond donors (Lipinski definition) is 1. The Morgan fingerprint density at radius 1 is 1.15 bits per heavy atom. The van der Waals surface area contributed by atoms with E-state index in [0.717, 1.165) is 48.3 Å². The Hall–Kier alpha value is -3.41. The molecule has 1 aromatic heterocycles. The van der Waals surface area contributed by atoms with Crippen molar-refractivity contribution in [2.24, 2.45) is 11.8 Å². The van der Waals surface area contributed by atoms with Crippen LogP contribution in [0.1, 0.15) is 55.0 Å². The number of benzene rings is 2. The number of nitrogens with zero attached hydrogens (tertiary/aromatic N) is 1. The molecule has 0 radical (unpaired) electrons. The molecule has 5 rings (SSSR count). The molecule has 1 fully saturated rings. The smallest absolute Gasteiger partial charge is 0.306 e. The van der Waals surface area contributed by atoms with Gasteiger partial charge in [0.2, 0.25) is 0 Å². The number of methoxy groups -OCH3 is 1. The first kappa shape index (κ1) is 22.4. The first-order valence-corrected chi connectivity index (χ1v) is 11.8. The van der Waals surface area contributed by atoms with Crippen LogP contribution in [0.2, 0.25) is 0 Å². The molecule has 1 aliphatic carbocycles. The van der Waals surface area contributed by atoms with Crippen LogP contribution in [0.25, 0.3) is 11.1 Å². The molecule has 1 aliphatic heterocycles. The molecule has 2 aromatic carbocycles. The second-order valence-electron chi connectivity index (χ2n) is 9.32. The first-order chi connectivity index (χ1) is 16.4. The van der Waals surface area contributed by atoms with Crippen LogP contribution in [0.3, 0.4) is 0 Å². The maximum atomic E-state index is 14.3. The highest BCUT2D eigenvalue weighted by molar-refractivity contribution is 5.71. The van der Waals surface area contributed by atoms with Crippen LogP contribution in [0.4, 0.5) is 4.39 Å². The van der Waals surface area contributed by atoms with Gasteiger partial charge in [0.25, 0.3) is 0 Å². The van der Waals surface area contributed by atoms with Gasteiger partial charge in [-0.1, -0.05) is 25.1 Å². The molecule has 176 valence electrons. The number of carboxylic acid groups (broad SMARTS) is 1. The maximum Gasteiger partial charge on any atom is 0.306 e. The normalized spacial score (nSPS) is 19.0. The van der Waals surface area contributed by atoms with Crippen LogP contribution < -0.4 is 9.47 Å². The summed E-state index contributed by atoms with van der Waals surface area (Å²) in [6, 6.07) is 14.6. The predicted octanol–water partition coefficient (Wildman–Crippen LogP) is 6.18. The van der Waals surface area contributed by atoms with Crippen LogP contribution >= 0.6 is 0 Å². The second-order valence-corrected chi connectivity index (χ2v) is 9.32. The van der Waals surface area contributed by atoms with Gasteiger partial charge < -0.3 is 14.6 Å². The van der Waals surface area contributed by atoms with Crippen LogP contribution in [0.5, 0.6) is 11.5 Å². The maximum absolute atomic E-state index is 14.3. The number of carbonyl (C=O) groups is 1. The van der Waals surface area contributed by atoms with Gasteiger partial charge >= 0.3 is 5.97 Å². The van der Waals surface area contributed by atoms with Gasteiger partial charge in [-0.2, -0.15) is 0 Å². The third kappa shape index (κ3) is 4.37. The van der Waals surface area contributed by atoms with Gasteiger partial charge in [0.05, 0.1) is 18.7 Å². The van der Waals surface area contributed by atoms with Crippen LogP contribution in [-0.4, -0.2) is 23.2 Å². The van der Waals surface area contributed by atoms with E-state index in [0.29, 0.717) is 22.8 Å². The Labute approximate surface area is 198 Å². The summed E-state index contributed by atoms with van der Waals surface area (Å²) in [5.74, 6) is 0.302. The summed E-state index contributed by atoms with van der Waals surface area (Å²) < 4.78 is 25.9. The van der Waals surface area contributed by atoms with Crippen molar-refractivity contribution in [2.75, 3.05) is 7.11 Å². The van der Waals surface area contributed by atoms with E-state index < -0.39 is 11.9 Å². The molecular weight excluding hydrogens is 433 g/mol. The van der Waals surface area contributed by atoms with E-state index in [4.69, 9.17) is 9.47 Å². The van der Waals surface area contributed by atoms with E-state index in [2.05, 4.69) is 17.1 Å². The number of aromatic nitrogens is 1. The van der Waals surface area contributed by atoms with Crippen LogP contribution in [0, 0.1) is 17.7 Å². The molecule has 3 aromatic rings. The lowest BCUT2D eigenvalue weighted by Gasteiger charge is -2.28. The number of fused-ring (bicyclic) bond motifs is 1. The van der Waals surface area contributed by atoms with Crippen LogP contribution in [-0.2, 0) is 11.2 Å². The first-order valence-electron chi connectivity index (χ1n) is 11.8. The van der Waals surface area contributed by atoms with Gasteiger partial charge in [0.1, 0.15) is 23.4 Å². The van der Waals surface area contributed by atoms with E-state index >= 15 is 0 Å². The number of ether oxygens (including phenoxy) is 2. The number of rotatable bonds is 7. The number of pyridine rings is 1. The second kappa shape index (κ2) is 9.09. The standard InChI is InChI=1S/C28H28FNO4/c1-16(28(31)32)27(18-4-5-18)19-6-3-17-8-12-25(34-26(17)13-19)24-11-7-20(15-30-24)22-14-21(33-2)9-10-23(22)29/h3,6-7,9-11,13-16,18,25,27H,4-5,8,12H2,1-2H3,(H,31,32)/t16-,25?,27-/m0/s1. The Bertz CT molecular complexity index is 1210. The zero-order valence-corrected chi connectivity index (χ0v) is 19.3. The Balaban J connectivity index is 1.37. The molecule has 0 spiro atoms. The Morgan fingerprint density at radius 3 is 2.65 bits per heavy atom. The van der Waals surface area contributed by atoms with Gasteiger partial charge in [0.15, 0.2) is 0 Å². The molecule has 5 nitrogen and oxygen atoms in total. The molecule has 2 aliphatic rings. The fourth-order valence-electron chi connectivity index (χ4n) is 4.99. The van der Waals surface area contributed by atoms with Gasteiger partial charge in [-0.05, 0) is 79.0 Å². The zero-order valence-electron chi connectivity index (χ0n) is 19.3. The van der Waals surface area contributed by atoms with Crippen molar-refractivity contribution in [2.45, 2.75) is 44.6 Å². The van der Waals surface area contributed by atoms with Crippen molar-refractivity contribution in [3.63, 3.8) is 0 Å². The Morgan fingerprint density at radius 2 is 1.97 bits per heavy atom. The number of hydrogen-bond acceptors (Lipinski definition) is 4. The van der Waals surface area contributed by atoms with Crippen molar-refractivity contribution in [3.8, 4) is 22.6 Å². The van der Waals surface area contributed by atoms with Gasteiger partial charge in [-0.15, -0.1) is 0 Å². The lowest BCUT2D eigenvalue weighted by molar-refractivity contribution is -0.142. The largest absolute Gasteiger partial charge is 0.497 e. The monoisotopic (exact) mass is 461 g/mol. The minimum absolute atomic E-state index is 0.00180. The van der Waals surface area contributed by atoms with E-state index in [1.165, 1.54) is 6.07 Å². The Kier molecular flexibility index (Phi) is 5.98. The highest BCUT2D eigenvalue weighted by Gasteiger charge is 2.39. The molecule has 1 saturated carbocycles.